The maximum atomic E-state index is 12.2. The Kier molecular flexibility index (Phi) is 3.75. The Morgan fingerprint density at radius 2 is 1.64 bits per heavy atom. The summed E-state index contributed by atoms with van der Waals surface area (Å²) >= 11 is 0. The van der Waals surface area contributed by atoms with E-state index in [1.54, 1.807) is 0 Å². The van der Waals surface area contributed by atoms with Crippen LogP contribution in [-0.4, -0.2) is 18.5 Å². The smallest absolute Gasteiger partial charge is 0.241 e. The SMILES string of the molecule is CCC(F)(F)[C@@H](F)CC(F)F. The van der Waals surface area contributed by atoms with E-state index in [0.717, 1.165) is 6.92 Å². The molecule has 0 aromatic heterocycles. The summed E-state index contributed by atoms with van der Waals surface area (Å²) in [6, 6.07) is 0. The molecule has 0 saturated heterocycles. The van der Waals surface area contributed by atoms with Crippen LogP contribution in [0.1, 0.15) is 19.8 Å². The van der Waals surface area contributed by atoms with Crippen LogP contribution in [0.4, 0.5) is 22.0 Å². The van der Waals surface area contributed by atoms with E-state index in [4.69, 9.17) is 0 Å². The molecule has 0 nitrogen and oxygen atoms in total. The lowest BCUT2D eigenvalue weighted by Crippen LogP contribution is -2.30. The first-order valence-corrected chi connectivity index (χ1v) is 3.20. The summed E-state index contributed by atoms with van der Waals surface area (Å²) in [5.74, 6) is -3.61. The third kappa shape index (κ3) is 3.53. The zero-order valence-corrected chi connectivity index (χ0v) is 5.96. The van der Waals surface area contributed by atoms with Crippen molar-refractivity contribution in [2.75, 3.05) is 0 Å². The van der Waals surface area contributed by atoms with Gasteiger partial charge in [-0.2, -0.15) is 0 Å². The Balaban J connectivity index is 3.90. The fourth-order valence-corrected chi connectivity index (χ4v) is 0.550. The van der Waals surface area contributed by atoms with E-state index in [9.17, 15) is 22.0 Å². The van der Waals surface area contributed by atoms with E-state index < -0.39 is 31.4 Å². The zero-order valence-electron chi connectivity index (χ0n) is 5.96. The van der Waals surface area contributed by atoms with Gasteiger partial charge in [-0.05, 0) is 0 Å². The van der Waals surface area contributed by atoms with Crippen LogP contribution < -0.4 is 0 Å². The molecule has 0 aliphatic carbocycles. The molecule has 0 aromatic carbocycles. The predicted octanol–water partition coefficient (Wildman–Crippen LogP) is 3.03. The Hall–Kier alpha value is -0.350. The molecule has 1 atom stereocenters. The largest absolute Gasteiger partial charge is 0.278 e. The summed E-state index contributed by atoms with van der Waals surface area (Å²) in [4.78, 5) is 0. The summed E-state index contributed by atoms with van der Waals surface area (Å²) < 4.78 is 59.4. The predicted molar refractivity (Wildman–Crippen MR) is 30.8 cm³/mol. The van der Waals surface area contributed by atoms with Crippen molar-refractivity contribution >= 4 is 0 Å². The van der Waals surface area contributed by atoms with E-state index in [-0.39, 0.29) is 0 Å². The van der Waals surface area contributed by atoms with Crippen molar-refractivity contribution in [3.8, 4) is 0 Å². The van der Waals surface area contributed by atoms with Crippen LogP contribution in [0.5, 0.6) is 0 Å². The monoisotopic (exact) mass is 176 g/mol. The molecule has 0 heterocycles. The van der Waals surface area contributed by atoms with Crippen LogP contribution in [0, 0.1) is 0 Å². The van der Waals surface area contributed by atoms with Gasteiger partial charge in [-0.3, -0.25) is 0 Å². The van der Waals surface area contributed by atoms with Crippen LogP contribution in [-0.2, 0) is 0 Å². The molecule has 11 heavy (non-hydrogen) atoms. The van der Waals surface area contributed by atoms with E-state index in [0.29, 0.717) is 0 Å². The van der Waals surface area contributed by atoms with Gasteiger partial charge in [0.15, 0.2) is 6.17 Å². The summed E-state index contributed by atoms with van der Waals surface area (Å²) in [7, 11) is 0. The van der Waals surface area contributed by atoms with Crippen LogP contribution >= 0.6 is 0 Å². The summed E-state index contributed by atoms with van der Waals surface area (Å²) in [6.07, 6.45) is -7.88. The highest BCUT2D eigenvalue weighted by Crippen LogP contribution is 2.28. The molecule has 0 aromatic rings. The minimum Gasteiger partial charge on any atom is -0.241 e. The van der Waals surface area contributed by atoms with Gasteiger partial charge in [0.2, 0.25) is 6.43 Å². The van der Waals surface area contributed by atoms with Crippen LogP contribution in [0.25, 0.3) is 0 Å². The van der Waals surface area contributed by atoms with Crippen LogP contribution in [0.15, 0.2) is 0 Å². The van der Waals surface area contributed by atoms with Gasteiger partial charge in [0.25, 0.3) is 5.92 Å². The summed E-state index contributed by atoms with van der Waals surface area (Å²) in [6.45, 7) is 1.05. The normalized spacial score (nSPS) is 15.5. The molecule has 0 fully saturated rings. The molecule has 0 amide bonds. The molecule has 5 heteroatoms. The van der Waals surface area contributed by atoms with Crippen molar-refractivity contribution in [1.82, 2.24) is 0 Å². The Labute approximate surface area is 61.4 Å². The summed E-state index contributed by atoms with van der Waals surface area (Å²) in [5, 5.41) is 0. The lowest BCUT2D eigenvalue weighted by atomic mass is 10.1. The quantitative estimate of drug-likeness (QED) is 0.577. The van der Waals surface area contributed by atoms with Crippen molar-refractivity contribution in [1.29, 1.82) is 0 Å². The van der Waals surface area contributed by atoms with Gasteiger partial charge in [0, 0.05) is 12.8 Å². The average Bonchev–Trinajstić information content (AvgIpc) is 1.86. The number of hydrogen-bond donors (Lipinski definition) is 0. The second-order valence-electron chi connectivity index (χ2n) is 2.21. The highest BCUT2D eigenvalue weighted by atomic mass is 19.3. The molecule has 0 spiro atoms. The maximum Gasteiger partial charge on any atom is 0.278 e. The molecule has 0 aliphatic rings. The standard InChI is InChI=1S/C6H9F5/c1-2-6(10,11)4(7)3-5(8)9/h4-5H,2-3H2,1H3/t4-/m0/s1. The first-order valence-electron chi connectivity index (χ1n) is 3.20. The molecule has 0 N–H and O–H groups in total. The molecular weight excluding hydrogens is 167 g/mol. The van der Waals surface area contributed by atoms with Crippen LogP contribution in [0.3, 0.4) is 0 Å². The first kappa shape index (κ1) is 10.7. The molecule has 0 aliphatic heterocycles. The molecular formula is C6H9F5. The van der Waals surface area contributed by atoms with Gasteiger partial charge in [-0.25, -0.2) is 22.0 Å². The fourth-order valence-electron chi connectivity index (χ4n) is 0.550. The van der Waals surface area contributed by atoms with Gasteiger partial charge in [0.1, 0.15) is 0 Å². The van der Waals surface area contributed by atoms with E-state index in [1.165, 1.54) is 0 Å². The first-order chi connectivity index (χ1) is 4.90. The Bertz CT molecular complexity index is 112. The third-order valence-corrected chi connectivity index (χ3v) is 1.31. The molecule has 0 saturated carbocycles. The minimum atomic E-state index is -3.61. The minimum absolute atomic E-state index is 0.749. The molecule has 0 unspecified atom stereocenters. The number of hydrogen-bond acceptors (Lipinski definition) is 0. The molecule has 0 radical (unpaired) electrons. The van der Waals surface area contributed by atoms with Crippen LogP contribution in [0.2, 0.25) is 0 Å². The molecule has 0 bridgehead atoms. The van der Waals surface area contributed by atoms with Crippen molar-refractivity contribution < 1.29 is 22.0 Å². The highest BCUT2D eigenvalue weighted by Gasteiger charge is 2.39. The van der Waals surface area contributed by atoms with E-state index in [2.05, 4.69) is 0 Å². The van der Waals surface area contributed by atoms with Gasteiger partial charge < -0.3 is 0 Å². The second kappa shape index (κ2) is 3.88. The van der Waals surface area contributed by atoms with Crippen molar-refractivity contribution in [2.24, 2.45) is 0 Å². The topological polar surface area (TPSA) is 0 Å². The number of alkyl halides is 5. The zero-order chi connectivity index (χ0) is 9.07. The van der Waals surface area contributed by atoms with Gasteiger partial charge in [-0.15, -0.1) is 0 Å². The summed E-state index contributed by atoms with van der Waals surface area (Å²) in [5.41, 5.74) is 0. The van der Waals surface area contributed by atoms with Crippen molar-refractivity contribution in [2.45, 2.75) is 38.3 Å². The van der Waals surface area contributed by atoms with Gasteiger partial charge >= 0.3 is 0 Å². The molecule has 68 valence electrons. The van der Waals surface area contributed by atoms with Gasteiger partial charge in [0.05, 0.1) is 0 Å². The third-order valence-electron chi connectivity index (χ3n) is 1.31. The van der Waals surface area contributed by atoms with Gasteiger partial charge in [-0.1, -0.05) is 6.92 Å². The number of halogens is 5. The van der Waals surface area contributed by atoms with Crippen molar-refractivity contribution in [3.05, 3.63) is 0 Å². The second-order valence-corrected chi connectivity index (χ2v) is 2.21. The van der Waals surface area contributed by atoms with Crippen molar-refractivity contribution in [3.63, 3.8) is 0 Å². The fraction of sp³-hybridized carbons (Fsp3) is 1.00. The highest BCUT2D eigenvalue weighted by molar-refractivity contribution is 4.75. The number of rotatable bonds is 4. The molecule has 0 rings (SSSR count). The van der Waals surface area contributed by atoms with E-state index in [1.807, 2.05) is 0 Å². The maximum absolute atomic E-state index is 12.2. The lowest BCUT2D eigenvalue weighted by molar-refractivity contribution is -0.0921. The average molecular weight is 176 g/mol. The lowest BCUT2D eigenvalue weighted by Gasteiger charge is -2.18. The van der Waals surface area contributed by atoms with E-state index >= 15 is 0 Å². The Morgan fingerprint density at radius 1 is 1.18 bits per heavy atom. The Morgan fingerprint density at radius 3 is 1.91 bits per heavy atom.